The number of hydrogen-bond donors (Lipinski definition) is 2. The lowest BCUT2D eigenvalue weighted by molar-refractivity contribution is -0.141. The summed E-state index contributed by atoms with van der Waals surface area (Å²) in [5.74, 6) is -1.40. The molecule has 1 fully saturated rings. The fourth-order valence-electron chi connectivity index (χ4n) is 4.93. The van der Waals surface area contributed by atoms with Crippen LogP contribution in [0.25, 0.3) is 11.1 Å². The Hall–Kier alpha value is -3.72. The third-order valence-electron chi connectivity index (χ3n) is 6.57. The molecule has 180 valence electrons. The lowest BCUT2D eigenvalue weighted by Crippen LogP contribution is -2.40. The van der Waals surface area contributed by atoms with Gasteiger partial charge in [-0.25, -0.2) is 14.6 Å². The molecule has 1 atom stereocenters. The number of thiazole rings is 1. The summed E-state index contributed by atoms with van der Waals surface area (Å²) in [7, 11) is 0. The van der Waals surface area contributed by atoms with Gasteiger partial charge in [0, 0.05) is 17.3 Å². The minimum atomic E-state index is -0.999. The van der Waals surface area contributed by atoms with Gasteiger partial charge in [-0.1, -0.05) is 48.5 Å². The van der Waals surface area contributed by atoms with Crippen molar-refractivity contribution in [3.63, 3.8) is 0 Å². The molecule has 1 saturated heterocycles. The number of fused-ring (bicyclic) bond motifs is 3. The van der Waals surface area contributed by atoms with E-state index in [4.69, 9.17) is 4.74 Å². The lowest BCUT2D eigenvalue weighted by atomic mass is 9.98. The van der Waals surface area contributed by atoms with Crippen LogP contribution in [0, 0.1) is 6.92 Å². The van der Waals surface area contributed by atoms with E-state index in [1.54, 1.807) is 6.92 Å². The van der Waals surface area contributed by atoms with Crippen LogP contribution >= 0.6 is 11.3 Å². The molecule has 0 saturated carbocycles. The van der Waals surface area contributed by atoms with Crippen molar-refractivity contribution in [2.45, 2.75) is 38.3 Å². The van der Waals surface area contributed by atoms with E-state index in [1.165, 1.54) is 16.2 Å². The van der Waals surface area contributed by atoms with Gasteiger partial charge in [-0.15, -0.1) is 11.3 Å². The Morgan fingerprint density at radius 1 is 1.11 bits per heavy atom. The molecule has 2 aromatic carbocycles. The Morgan fingerprint density at radius 3 is 2.43 bits per heavy atom. The summed E-state index contributed by atoms with van der Waals surface area (Å²) in [6.45, 7) is 2.51. The second-order valence-electron chi connectivity index (χ2n) is 8.69. The van der Waals surface area contributed by atoms with Crippen molar-refractivity contribution >= 4 is 29.3 Å². The molecule has 8 nitrogen and oxygen atoms in total. The number of carboxylic acid groups (broad SMARTS) is 1. The quantitative estimate of drug-likeness (QED) is 0.536. The molecule has 0 bridgehead atoms. The molecule has 1 aliphatic carbocycles. The highest BCUT2D eigenvalue weighted by atomic mass is 32.1. The first kappa shape index (κ1) is 23.0. The van der Waals surface area contributed by atoms with Crippen LogP contribution < -0.4 is 5.32 Å². The Labute approximate surface area is 206 Å². The van der Waals surface area contributed by atoms with Gasteiger partial charge in [-0.2, -0.15) is 0 Å². The highest BCUT2D eigenvalue weighted by Gasteiger charge is 2.36. The summed E-state index contributed by atoms with van der Waals surface area (Å²) >= 11 is 1.30. The van der Waals surface area contributed by atoms with Gasteiger partial charge >= 0.3 is 12.1 Å². The van der Waals surface area contributed by atoms with Gasteiger partial charge in [0.1, 0.15) is 23.4 Å². The van der Waals surface area contributed by atoms with Crippen LogP contribution in [0.15, 0.2) is 48.5 Å². The van der Waals surface area contributed by atoms with Gasteiger partial charge < -0.3 is 20.1 Å². The minimum absolute atomic E-state index is 0.0258. The molecule has 0 radical (unpaired) electrons. The number of ether oxygens (including phenoxy) is 1. The van der Waals surface area contributed by atoms with Gasteiger partial charge in [0.05, 0.1) is 6.54 Å². The van der Waals surface area contributed by atoms with Crippen molar-refractivity contribution in [2.75, 3.05) is 13.2 Å². The van der Waals surface area contributed by atoms with Gasteiger partial charge in [0.25, 0.3) is 5.91 Å². The maximum absolute atomic E-state index is 12.9. The average Bonchev–Trinajstić information content (AvgIpc) is 3.57. The molecule has 1 aliphatic heterocycles. The zero-order chi connectivity index (χ0) is 24.5. The van der Waals surface area contributed by atoms with Crippen LogP contribution in [0.2, 0.25) is 0 Å². The molecule has 2 heterocycles. The SMILES string of the molecule is Cc1sc(CNC(=O)OCC2c3ccccc3-c3ccccc32)nc1C(=O)N1CCCC1C(=O)O. The number of aliphatic carboxylic acids is 1. The normalized spacial score (nSPS) is 16.6. The summed E-state index contributed by atoms with van der Waals surface area (Å²) < 4.78 is 5.55. The summed E-state index contributed by atoms with van der Waals surface area (Å²) in [5.41, 5.74) is 4.85. The third kappa shape index (κ3) is 4.39. The largest absolute Gasteiger partial charge is 0.480 e. The van der Waals surface area contributed by atoms with Crippen molar-refractivity contribution < 1.29 is 24.2 Å². The molecule has 1 aromatic heterocycles. The van der Waals surface area contributed by atoms with Crippen molar-refractivity contribution in [1.29, 1.82) is 0 Å². The lowest BCUT2D eigenvalue weighted by Gasteiger charge is -2.20. The number of carboxylic acids is 1. The van der Waals surface area contributed by atoms with Crippen molar-refractivity contribution in [1.82, 2.24) is 15.2 Å². The first-order valence-corrected chi connectivity index (χ1v) is 12.3. The zero-order valence-electron chi connectivity index (χ0n) is 19.2. The van der Waals surface area contributed by atoms with E-state index in [2.05, 4.69) is 34.6 Å². The highest BCUT2D eigenvalue weighted by Crippen LogP contribution is 2.44. The van der Waals surface area contributed by atoms with E-state index >= 15 is 0 Å². The third-order valence-corrected chi connectivity index (χ3v) is 7.54. The van der Waals surface area contributed by atoms with Crippen LogP contribution in [-0.2, 0) is 16.1 Å². The number of hydrogen-bond acceptors (Lipinski definition) is 6. The predicted octanol–water partition coefficient (Wildman–Crippen LogP) is 4.18. The number of nitrogens with zero attached hydrogens (tertiary/aromatic N) is 2. The van der Waals surface area contributed by atoms with Crippen molar-refractivity contribution in [3.8, 4) is 11.1 Å². The van der Waals surface area contributed by atoms with E-state index in [-0.39, 0.29) is 30.7 Å². The summed E-state index contributed by atoms with van der Waals surface area (Å²) in [6, 6.07) is 15.5. The number of likely N-dealkylation sites (tertiary alicyclic amines) is 1. The van der Waals surface area contributed by atoms with Crippen molar-refractivity contribution in [3.05, 3.63) is 75.2 Å². The number of aryl methyl sites for hydroxylation is 1. The maximum Gasteiger partial charge on any atom is 0.407 e. The number of carbonyl (C=O) groups excluding carboxylic acids is 2. The van der Waals surface area contributed by atoms with Gasteiger partial charge in [-0.3, -0.25) is 4.79 Å². The van der Waals surface area contributed by atoms with Crippen LogP contribution in [0.5, 0.6) is 0 Å². The number of nitrogens with one attached hydrogen (secondary N) is 1. The molecule has 2 aliphatic rings. The van der Waals surface area contributed by atoms with Crippen LogP contribution in [0.1, 0.15) is 50.3 Å². The molecule has 1 unspecified atom stereocenters. The molecule has 2 amide bonds. The summed E-state index contributed by atoms with van der Waals surface area (Å²) in [4.78, 5) is 43.2. The molecule has 2 N–H and O–H groups in total. The van der Waals surface area contributed by atoms with Gasteiger partial charge in [-0.05, 0) is 42.0 Å². The standard InChI is InChI=1S/C26H25N3O5S/c1-15-23(24(30)29-12-6-11-21(29)25(31)32)28-22(35-15)13-27-26(33)34-14-20-18-9-4-2-7-16(18)17-8-3-5-10-19(17)20/h2-5,7-10,20-21H,6,11-14H2,1H3,(H,27,33)(H,31,32). The molecular weight excluding hydrogens is 466 g/mol. The molecule has 0 spiro atoms. The molecule has 5 rings (SSSR count). The van der Waals surface area contributed by atoms with E-state index in [0.717, 1.165) is 22.3 Å². The predicted molar refractivity (Wildman–Crippen MR) is 130 cm³/mol. The second-order valence-corrected chi connectivity index (χ2v) is 9.97. The first-order chi connectivity index (χ1) is 16.9. The number of aromatic nitrogens is 1. The fourth-order valence-corrected chi connectivity index (χ4v) is 5.79. The van der Waals surface area contributed by atoms with E-state index in [1.807, 2.05) is 24.3 Å². The van der Waals surface area contributed by atoms with E-state index in [0.29, 0.717) is 29.3 Å². The highest BCUT2D eigenvalue weighted by molar-refractivity contribution is 7.11. The Morgan fingerprint density at radius 2 is 1.77 bits per heavy atom. The Balaban J connectivity index is 1.20. The maximum atomic E-state index is 12.9. The summed E-state index contributed by atoms with van der Waals surface area (Å²) in [6.07, 6.45) is 0.542. The van der Waals surface area contributed by atoms with Gasteiger partial charge in [0.15, 0.2) is 0 Å². The number of amides is 2. The monoisotopic (exact) mass is 491 g/mol. The zero-order valence-corrected chi connectivity index (χ0v) is 20.0. The van der Waals surface area contributed by atoms with Crippen LogP contribution in [0.4, 0.5) is 4.79 Å². The number of rotatable bonds is 6. The van der Waals surface area contributed by atoms with Crippen LogP contribution in [0.3, 0.4) is 0 Å². The van der Waals surface area contributed by atoms with Crippen molar-refractivity contribution in [2.24, 2.45) is 0 Å². The fraction of sp³-hybridized carbons (Fsp3) is 0.308. The van der Waals surface area contributed by atoms with E-state index < -0.39 is 18.1 Å². The summed E-state index contributed by atoms with van der Waals surface area (Å²) in [5, 5.41) is 12.6. The Bertz CT molecular complexity index is 1260. The topological polar surface area (TPSA) is 109 Å². The first-order valence-electron chi connectivity index (χ1n) is 11.5. The molecule has 3 aromatic rings. The minimum Gasteiger partial charge on any atom is -0.480 e. The van der Waals surface area contributed by atoms with Crippen LogP contribution in [-0.4, -0.2) is 52.2 Å². The number of carbonyl (C=O) groups is 3. The van der Waals surface area contributed by atoms with Gasteiger partial charge in [0.2, 0.25) is 0 Å². The van der Waals surface area contributed by atoms with E-state index in [9.17, 15) is 19.5 Å². The second kappa shape index (κ2) is 9.50. The molecule has 9 heteroatoms. The average molecular weight is 492 g/mol. The molecule has 35 heavy (non-hydrogen) atoms. The Kier molecular flexibility index (Phi) is 6.25. The number of benzene rings is 2. The molecular formula is C26H25N3O5S. The number of alkyl carbamates (subject to hydrolysis) is 1. The smallest absolute Gasteiger partial charge is 0.407 e.